The largest absolute Gasteiger partial charge is 0.481 e. The number of carbonyl (C=O) groups is 1. The average Bonchev–Trinajstić information content (AvgIpc) is 2.88. The smallest absolute Gasteiger partial charge is 0.306 e. The molecular weight excluding hydrogens is 434 g/mol. The van der Waals surface area contributed by atoms with Crippen LogP contribution in [0.4, 0.5) is 17.2 Å². The van der Waals surface area contributed by atoms with E-state index in [2.05, 4.69) is 14.9 Å². The fourth-order valence-corrected chi connectivity index (χ4v) is 6.66. The van der Waals surface area contributed by atoms with E-state index in [1.165, 1.54) is 10.6 Å². The van der Waals surface area contributed by atoms with Gasteiger partial charge in [0.2, 0.25) is 5.88 Å². The van der Waals surface area contributed by atoms with Crippen LogP contribution in [-0.2, 0) is 14.8 Å². The van der Waals surface area contributed by atoms with E-state index in [9.17, 15) is 13.2 Å². The van der Waals surface area contributed by atoms with Gasteiger partial charge in [0.25, 0.3) is 10.0 Å². The number of fused-ring (bicyclic) bond motifs is 1. The maximum Gasteiger partial charge on any atom is 0.306 e. The third kappa shape index (κ3) is 3.40. The Kier molecular flexibility index (Phi) is 4.88. The second kappa shape index (κ2) is 7.51. The minimum Gasteiger partial charge on any atom is -0.481 e. The zero-order chi connectivity index (χ0) is 22.5. The first-order chi connectivity index (χ1) is 15.3. The molecule has 2 aliphatic heterocycles. The number of aliphatic carboxylic acids is 1. The van der Waals surface area contributed by atoms with Gasteiger partial charge in [0.1, 0.15) is 12.9 Å². The zero-order valence-electron chi connectivity index (χ0n) is 17.5. The molecule has 0 bridgehead atoms. The topological polar surface area (TPSA) is 139 Å². The van der Waals surface area contributed by atoms with Crippen LogP contribution in [0.15, 0.2) is 35.5 Å². The molecule has 0 amide bonds. The number of nitrogens with zero attached hydrogens (tertiary/aromatic N) is 4. The lowest BCUT2D eigenvalue weighted by Gasteiger charge is -2.51. The molecule has 0 atom stereocenters. The molecule has 1 saturated carbocycles. The summed E-state index contributed by atoms with van der Waals surface area (Å²) in [5, 5.41) is 9.16. The lowest BCUT2D eigenvalue weighted by Crippen LogP contribution is -2.49. The first-order valence-corrected chi connectivity index (χ1v) is 12.1. The Morgan fingerprint density at radius 1 is 1.09 bits per heavy atom. The highest BCUT2D eigenvalue weighted by Gasteiger charge is 2.48. The molecule has 2 fully saturated rings. The van der Waals surface area contributed by atoms with E-state index in [-0.39, 0.29) is 41.1 Å². The van der Waals surface area contributed by atoms with Crippen molar-refractivity contribution in [3.05, 3.63) is 30.6 Å². The third-order valence-corrected chi connectivity index (χ3v) is 8.79. The normalized spacial score (nSPS) is 21.9. The maximum absolute atomic E-state index is 13.3. The summed E-state index contributed by atoms with van der Waals surface area (Å²) in [6, 6.07) is 7.40. The predicted octanol–water partition coefficient (Wildman–Crippen LogP) is 1.73. The van der Waals surface area contributed by atoms with Gasteiger partial charge in [-0.15, -0.1) is 0 Å². The highest BCUT2D eigenvalue weighted by Crippen LogP contribution is 2.53. The summed E-state index contributed by atoms with van der Waals surface area (Å²) in [6.45, 7) is 2.01. The van der Waals surface area contributed by atoms with E-state index >= 15 is 0 Å². The number of rotatable bonds is 3. The number of sulfonamides is 1. The van der Waals surface area contributed by atoms with Crippen molar-refractivity contribution in [3.63, 3.8) is 0 Å². The molecule has 10 nitrogen and oxygen atoms in total. The standard InChI is InChI=1S/C21H25N5O5S/c22-18-17-19(24-13-23-18)31-10-9-26(32(17,29)30)16-3-1-15(2-4-16)25-7-5-21(6-8-25)11-14(12-21)20(27)28/h1-4,13-14H,5-12H2,(H,27,28)(H2,22,23,24). The van der Waals surface area contributed by atoms with Gasteiger partial charge in [-0.1, -0.05) is 0 Å². The molecule has 11 heteroatoms. The number of aromatic nitrogens is 2. The molecule has 1 spiro atoms. The predicted molar refractivity (Wildman–Crippen MR) is 117 cm³/mol. The molecular formula is C21H25N5O5S. The molecule has 5 rings (SSSR count). The third-order valence-electron chi connectivity index (χ3n) is 6.91. The Labute approximate surface area is 186 Å². The van der Waals surface area contributed by atoms with Crippen LogP contribution >= 0.6 is 0 Å². The lowest BCUT2D eigenvalue weighted by molar-refractivity contribution is -0.151. The molecule has 1 aromatic carbocycles. The van der Waals surface area contributed by atoms with Crippen LogP contribution in [0, 0.1) is 11.3 Å². The van der Waals surface area contributed by atoms with Crippen molar-refractivity contribution in [3.8, 4) is 5.88 Å². The number of ether oxygens (including phenoxy) is 1. The van der Waals surface area contributed by atoms with Gasteiger partial charge >= 0.3 is 5.97 Å². The summed E-state index contributed by atoms with van der Waals surface area (Å²) in [5.41, 5.74) is 7.55. The van der Waals surface area contributed by atoms with E-state index in [0.29, 0.717) is 5.69 Å². The van der Waals surface area contributed by atoms with Gasteiger partial charge < -0.3 is 20.5 Å². The molecule has 1 aliphatic carbocycles. The van der Waals surface area contributed by atoms with Gasteiger partial charge in [-0.2, -0.15) is 0 Å². The van der Waals surface area contributed by atoms with Crippen LogP contribution in [0.1, 0.15) is 25.7 Å². The molecule has 3 heterocycles. The number of piperidine rings is 1. The van der Waals surface area contributed by atoms with E-state index in [4.69, 9.17) is 15.6 Å². The Balaban J connectivity index is 1.31. The van der Waals surface area contributed by atoms with Crippen LogP contribution in [0.2, 0.25) is 0 Å². The zero-order valence-corrected chi connectivity index (χ0v) is 18.3. The molecule has 1 aromatic heterocycles. The highest BCUT2D eigenvalue weighted by molar-refractivity contribution is 7.93. The van der Waals surface area contributed by atoms with Crippen LogP contribution in [0.5, 0.6) is 5.88 Å². The molecule has 32 heavy (non-hydrogen) atoms. The van der Waals surface area contributed by atoms with E-state index in [1.807, 2.05) is 12.1 Å². The van der Waals surface area contributed by atoms with Gasteiger partial charge in [-0.25, -0.2) is 18.4 Å². The van der Waals surface area contributed by atoms with Gasteiger partial charge in [-0.3, -0.25) is 9.10 Å². The maximum atomic E-state index is 13.3. The number of hydrogen-bond acceptors (Lipinski definition) is 8. The molecule has 3 aliphatic rings. The fourth-order valence-electron chi connectivity index (χ4n) is 5.08. The van der Waals surface area contributed by atoms with Crippen molar-refractivity contribution in [2.45, 2.75) is 30.6 Å². The summed E-state index contributed by atoms with van der Waals surface area (Å²) in [6.07, 6.45) is 4.69. The monoisotopic (exact) mass is 459 g/mol. The fraction of sp³-hybridized carbons (Fsp3) is 0.476. The average molecular weight is 460 g/mol. The van der Waals surface area contributed by atoms with E-state index in [1.54, 1.807) is 12.1 Å². The second-order valence-corrected chi connectivity index (χ2v) is 10.6. The number of hydrogen-bond donors (Lipinski definition) is 2. The summed E-state index contributed by atoms with van der Waals surface area (Å²) < 4.78 is 33.3. The molecule has 3 N–H and O–H groups in total. The molecule has 170 valence electrons. The Morgan fingerprint density at radius 3 is 2.41 bits per heavy atom. The minimum atomic E-state index is -3.97. The number of nitrogen functional groups attached to an aromatic ring is 1. The van der Waals surface area contributed by atoms with Crippen LogP contribution in [0.25, 0.3) is 0 Å². The molecule has 0 radical (unpaired) electrons. The second-order valence-electron chi connectivity index (χ2n) is 8.77. The Hall–Kier alpha value is -3.08. The van der Waals surface area contributed by atoms with Crippen molar-refractivity contribution >= 4 is 33.2 Å². The van der Waals surface area contributed by atoms with E-state index < -0.39 is 16.0 Å². The molecule has 0 unspecified atom stereocenters. The Morgan fingerprint density at radius 2 is 1.75 bits per heavy atom. The highest BCUT2D eigenvalue weighted by atomic mass is 32.2. The van der Waals surface area contributed by atoms with Crippen molar-refractivity contribution < 1.29 is 23.1 Å². The first kappa shape index (κ1) is 20.8. The molecule has 1 saturated heterocycles. The van der Waals surface area contributed by atoms with Crippen molar-refractivity contribution in [2.24, 2.45) is 11.3 Å². The van der Waals surface area contributed by atoms with Crippen LogP contribution in [0.3, 0.4) is 0 Å². The number of carboxylic acid groups (broad SMARTS) is 1. The van der Waals surface area contributed by atoms with Gasteiger partial charge in [0.15, 0.2) is 10.7 Å². The minimum absolute atomic E-state index is 0.0278. The number of benzene rings is 1. The van der Waals surface area contributed by atoms with Gasteiger partial charge in [0.05, 0.1) is 18.2 Å². The van der Waals surface area contributed by atoms with Crippen LogP contribution in [-0.4, -0.2) is 55.7 Å². The quantitative estimate of drug-likeness (QED) is 0.702. The molecule has 2 aromatic rings. The SMILES string of the molecule is Nc1ncnc2c1S(=O)(=O)N(c1ccc(N3CCC4(CC3)CC(C(=O)O)C4)cc1)CCO2. The summed E-state index contributed by atoms with van der Waals surface area (Å²) in [7, 11) is -3.97. The first-order valence-electron chi connectivity index (χ1n) is 10.6. The number of carboxylic acids is 1. The summed E-state index contributed by atoms with van der Waals surface area (Å²) in [5.74, 6) is -1.04. The van der Waals surface area contributed by atoms with Gasteiger partial charge in [-0.05, 0) is 55.4 Å². The summed E-state index contributed by atoms with van der Waals surface area (Å²) in [4.78, 5) is 20.9. The number of nitrogens with two attached hydrogens (primary N) is 1. The lowest BCUT2D eigenvalue weighted by atomic mass is 9.57. The van der Waals surface area contributed by atoms with Crippen molar-refractivity contribution in [1.82, 2.24) is 9.97 Å². The number of anilines is 3. The van der Waals surface area contributed by atoms with Crippen molar-refractivity contribution in [1.29, 1.82) is 0 Å². The van der Waals surface area contributed by atoms with Crippen LogP contribution < -0.4 is 19.7 Å². The van der Waals surface area contributed by atoms with Crippen molar-refractivity contribution in [2.75, 3.05) is 41.2 Å². The summed E-state index contributed by atoms with van der Waals surface area (Å²) >= 11 is 0. The van der Waals surface area contributed by atoms with Gasteiger partial charge in [0, 0.05) is 18.8 Å². The Bertz CT molecular complexity index is 1140. The van der Waals surface area contributed by atoms with E-state index in [0.717, 1.165) is 44.5 Å².